The van der Waals surface area contributed by atoms with Crippen molar-refractivity contribution in [1.82, 2.24) is 4.98 Å². The van der Waals surface area contributed by atoms with Gasteiger partial charge in [0.25, 0.3) is 5.91 Å². The average molecular weight is 407 g/mol. The third-order valence-electron chi connectivity index (χ3n) is 4.78. The molecular formula is C22H22N4O2S. The van der Waals surface area contributed by atoms with Gasteiger partial charge in [-0.1, -0.05) is 0 Å². The van der Waals surface area contributed by atoms with Crippen molar-refractivity contribution in [3.63, 3.8) is 0 Å². The van der Waals surface area contributed by atoms with Crippen LogP contribution in [0.1, 0.15) is 28.6 Å². The van der Waals surface area contributed by atoms with Crippen molar-refractivity contribution in [3.8, 4) is 17.0 Å². The number of carbonyl (C=O) groups excluding carboxylic acids is 1. The van der Waals surface area contributed by atoms with E-state index in [9.17, 15) is 4.79 Å². The molecule has 1 aliphatic rings. The summed E-state index contributed by atoms with van der Waals surface area (Å²) in [6.45, 7) is 4.90. The SMILES string of the molecule is COc1ccc(-c2nc(NC(=O)c3ccc(N4CCC(C)=N4)cc3)sc2C)cc1. The van der Waals surface area contributed by atoms with Gasteiger partial charge in [0.15, 0.2) is 5.13 Å². The van der Waals surface area contributed by atoms with Crippen molar-refractivity contribution in [3.05, 3.63) is 59.0 Å². The van der Waals surface area contributed by atoms with Crippen LogP contribution < -0.4 is 15.1 Å². The van der Waals surface area contributed by atoms with Gasteiger partial charge in [-0.15, -0.1) is 11.3 Å². The van der Waals surface area contributed by atoms with Crippen molar-refractivity contribution in [1.29, 1.82) is 0 Å². The highest BCUT2D eigenvalue weighted by Gasteiger charge is 2.15. The Labute approximate surface area is 173 Å². The molecule has 29 heavy (non-hydrogen) atoms. The Balaban J connectivity index is 1.47. The molecule has 0 saturated heterocycles. The molecular weight excluding hydrogens is 384 g/mol. The molecule has 6 nitrogen and oxygen atoms in total. The van der Waals surface area contributed by atoms with Crippen LogP contribution in [-0.2, 0) is 0 Å². The number of benzene rings is 2. The number of anilines is 2. The monoisotopic (exact) mass is 406 g/mol. The standard InChI is InChI=1S/C22H22N4O2S/c1-14-12-13-26(25-14)18-8-4-17(5-9-18)21(27)24-22-23-20(15(2)29-22)16-6-10-19(28-3)11-7-16/h4-11H,12-13H2,1-3H3,(H,23,24,27). The lowest BCUT2D eigenvalue weighted by atomic mass is 10.1. The minimum absolute atomic E-state index is 0.173. The summed E-state index contributed by atoms with van der Waals surface area (Å²) in [6.07, 6.45) is 0.974. The van der Waals surface area contributed by atoms with E-state index in [4.69, 9.17) is 4.74 Å². The van der Waals surface area contributed by atoms with E-state index in [0.29, 0.717) is 10.7 Å². The predicted molar refractivity (Wildman–Crippen MR) is 118 cm³/mol. The van der Waals surface area contributed by atoms with E-state index >= 15 is 0 Å². The topological polar surface area (TPSA) is 66.8 Å². The highest BCUT2D eigenvalue weighted by Crippen LogP contribution is 2.31. The van der Waals surface area contributed by atoms with E-state index in [2.05, 4.69) is 15.4 Å². The van der Waals surface area contributed by atoms with E-state index < -0.39 is 0 Å². The molecule has 0 unspecified atom stereocenters. The zero-order valence-corrected chi connectivity index (χ0v) is 17.4. The molecule has 1 N–H and O–H groups in total. The largest absolute Gasteiger partial charge is 0.497 e. The maximum Gasteiger partial charge on any atom is 0.257 e. The minimum Gasteiger partial charge on any atom is -0.497 e. The van der Waals surface area contributed by atoms with E-state index in [0.717, 1.165) is 46.2 Å². The lowest BCUT2D eigenvalue weighted by Crippen LogP contribution is -2.14. The van der Waals surface area contributed by atoms with Gasteiger partial charge in [0.2, 0.25) is 0 Å². The maximum atomic E-state index is 12.6. The van der Waals surface area contributed by atoms with Crippen LogP contribution in [0.4, 0.5) is 10.8 Å². The minimum atomic E-state index is -0.173. The molecule has 0 aliphatic carbocycles. The van der Waals surface area contributed by atoms with Crippen LogP contribution in [0.3, 0.4) is 0 Å². The summed E-state index contributed by atoms with van der Waals surface area (Å²) in [6, 6.07) is 15.2. The van der Waals surface area contributed by atoms with E-state index in [-0.39, 0.29) is 5.91 Å². The Kier molecular flexibility index (Phi) is 5.31. The Hall–Kier alpha value is -3.19. The number of hydrazone groups is 1. The van der Waals surface area contributed by atoms with E-state index in [1.165, 1.54) is 11.3 Å². The maximum absolute atomic E-state index is 12.6. The smallest absolute Gasteiger partial charge is 0.257 e. The van der Waals surface area contributed by atoms with Crippen molar-refractivity contribution in [2.45, 2.75) is 20.3 Å². The van der Waals surface area contributed by atoms with Crippen LogP contribution in [0.2, 0.25) is 0 Å². The lowest BCUT2D eigenvalue weighted by Gasteiger charge is -2.13. The number of rotatable bonds is 5. The number of carbonyl (C=O) groups is 1. The number of thiazole rings is 1. The zero-order valence-electron chi connectivity index (χ0n) is 16.6. The van der Waals surface area contributed by atoms with Gasteiger partial charge in [-0.3, -0.25) is 15.1 Å². The van der Waals surface area contributed by atoms with Crippen LogP contribution in [0.15, 0.2) is 53.6 Å². The third kappa shape index (κ3) is 4.14. The first-order valence-corrected chi connectivity index (χ1v) is 10.2. The molecule has 3 aromatic rings. The van der Waals surface area contributed by atoms with E-state index in [1.54, 1.807) is 7.11 Å². The molecule has 1 aromatic heterocycles. The molecule has 2 aromatic carbocycles. The molecule has 0 saturated carbocycles. The second-order valence-corrected chi connectivity index (χ2v) is 8.06. The summed E-state index contributed by atoms with van der Waals surface area (Å²) in [7, 11) is 1.64. The number of hydrogen-bond acceptors (Lipinski definition) is 6. The van der Waals surface area contributed by atoms with Gasteiger partial charge in [0.05, 0.1) is 18.5 Å². The number of nitrogens with zero attached hydrogens (tertiary/aromatic N) is 3. The molecule has 0 atom stereocenters. The third-order valence-corrected chi connectivity index (χ3v) is 5.67. The molecule has 0 radical (unpaired) electrons. The highest BCUT2D eigenvalue weighted by molar-refractivity contribution is 7.16. The predicted octanol–water partition coefficient (Wildman–Crippen LogP) is 4.97. The Bertz CT molecular complexity index is 1060. The Morgan fingerprint density at radius 1 is 1.10 bits per heavy atom. The van der Waals surface area contributed by atoms with Crippen LogP contribution in [0.25, 0.3) is 11.3 Å². The number of methoxy groups -OCH3 is 1. The van der Waals surface area contributed by atoms with Crippen LogP contribution in [-0.4, -0.2) is 30.3 Å². The summed E-state index contributed by atoms with van der Waals surface area (Å²) < 4.78 is 5.20. The molecule has 0 spiro atoms. The number of nitrogens with one attached hydrogen (secondary N) is 1. The summed E-state index contributed by atoms with van der Waals surface area (Å²) in [5.74, 6) is 0.626. The zero-order chi connectivity index (χ0) is 20.4. The summed E-state index contributed by atoms with van der Waals surface area (Å²) in [5.41, 5.74) is 4.56. The number of amides is 1. The van der Waals surface area contributed by atoms with Gasteiger partial charge in [-0.05, 0) is 62.4 Å². The number of aromatic nitrogens is 1. The fraction of sp³-hybridized carbons (Fsp3) is 0.227. The summed E-state index contributed by atoms with van der Waals surface area (Å²) in [4.78, 5) is 18.3. The van der Waals surface area contributed by atoms with Crippen molar-refractivity contribution in [2.75, 3.05) is 24.0 Å². The molecule has 4 rings (SSSR count). The Morgan fingerprint density at radius 2 is 1.83 bits per heavy atom. The summed E-state index contributed by atoms with van der Waals surface area (Å²) in [5, 5.41) is 9.94. The molecule has 1 amide bonds. The normalized spacial score (nSPS) is 13.3. The van der Waals surface area contributed by atoms with Crippen LogP contribution in [0.5, 0.6) is 5.75 Å². The fourth-order valence-corrected chi connectivity index (χ4v) is 4.01. The van der Waals surface area contributed by atoms with Gasteiger partial charge in [0.1, 0.15) is 5.75 Å². The molecule has 0 fully saturated rings. The van der Waals surface area contributed by atoms with Gasteiger partial charge >= 0.3 is 0 Å². The average Bonchev–Trinajstić information content (AvgIpc) is 3.33. The summed E-state index contributed by atoms with van der Waals surface area (Å²) >= 11 is 1.47. The molecule has 0 bridgehead atoms. The van der Waals surface area contributed by atoms with Gasteiger partial charge in [0, 0.05) is 34.7 Å². The molecule has 2 heterocycles. The first-order chi connectivity index (χ1) is 14.0. The fourth-order valence-electron chi connectivity index (χ4n) is 3.18. The van der Waals surface area contributed by atoms with E-state index in [1.807, 2.05) is 67.4 Å². The second kappa shape index (κ2) is 8.05. The van der Waals surface area contributed by atoms with Crippen molar-refractivity contribution in [2.24, 2.45) is 5.10 Å². The van der Waals surface area contributed by atoms with Crippen molar-refractivity contribution < 1.29 is 9.53 Å². The Morgan fingerprint density at radius 3 is 2.45 bits per heavy atom. The number of aryl methyl sites for hydroxylation is 1. The van der Waals surface area contributed by atoms with Crippen LogP contribution >= 0.6 is 11.3 Å². The molecule has 7 heteroatoms. The molecule has 1 aliphatic heterocycles. The quantitative estimate of drug-likeness (QED) is 0.650. The molecule has 148 valence electrons. The van der Waals surface area contributed by atoms with Crippen molar-refractivity contribution >= 4 is 33.8 Å². The highest BCUT2D eigenvalue weighted by atomic mass is 32.1. The second-order valence-electron chi connectivity index (χ2n) is 6.86. The van der Waals surface area contributed by atoms with Gasteiger partial charge < -0.3 is 4.74 Å². The first kappa shape index (κ1) is 19.1. The number of ether oxygens (including phenoxy) is 1. The first-order valence-electron chi connectivity index (χ1n) is 9.38. The van der Waals surface area contributed by atoms with Gasteiger partial charge in [-0.2, -0.15) is 5.10 Å². The lowest BCUT2D eigenvalue weighted by molar-refractivity contribution is 0.102. The number of hydrogen-bond donors (Lipinski definition) is 1. The van der Waals surface area contributed by atoms with Gasteiger partial charge in [-0.25, -0.2) is 4.98 Å². The van der Waals surface area contributed by atoms with Crippen LogP contribution in [0, 0.1) is 6.92 Å².